The fourth-order valence-electron chi connectivity index (χ4n) is 7.23. The number of nitrogens with zero attached hydrogens (tertiary/aromatic N) is 1. The molecule has 0 saturated heterocycles. The van der Waals surface area contributed by atoms with Crippen molar-refractivity contribution in [2.75, 3.05) is 23.7 Å². The Morgan fingerprint density at radius 3 is 2.47 bits per heavy atom. The number of hydrogen-bond donors (Lipinski definition) is 1. The number of halogens is 1. The number of ether oxygens (including phenoxy) is 1. The van der Waals surface area contributed by atoms with Crippen molar-refractivity contribution in [1.29, 1.82) is 0 Å². The zero-order chi connectivity index (χ0) is 33.6. The van der Waals surface area contributed by atoms with Crippen molar-refractivity contribution in [3.05, 3.63) is 70.3 Å². The van der Waals surface area contributed by atoms with Crippen LogP contribution in [0.5, 0.6) is 5.75 Å². The lowest BCUT2D eigenvalue weighted by atomic mass is 9.69. The SMILES string of the molecule is CC(C)(C)[Si](C)(C)OC1/C=C\[C@@H]2CC[C@H]2CS(=O)(=O)NC(=O)c2ccc3c(c2)N(CCCCc2cc(Cl)ccc2CO3)C[C@@H]2CC[C@@H]12. The summed E-state index contributed by atoms with van der Waals surface area (Å²) in [5, 5.41) is 0.802. The van der Waals surface area contributed by atoms with Crippen molar-refractivity contribution in [1.82, 2.24) is 4.72 Å². The number of carbonyl (C=O) groups excluding carboxylic acids is 1. The van der Waals surface area contributed by atoms with Crippen LogP contribution in [0.4, 0.5) is 5.69 Å². The number of allylic oxidation sites excluding steroid dienone is 1. The molecule has 0 spiro atoms. The standard InChI is InChI=1S/C37H51ClN2O5SSi/c1-37(2,3)47(4,5)45-34-17-13-25-9-10-30(25)24-46(42,43)39-36(41)27-14-18-35-33(21-27)40(22-28-12-16-32(28)34)19-7-6-8-26-20-31(38)15-11-29(26)23-44-35/h11,13-15,17-18,20-21,25,28,30,32,34H,6-10,12,16,19,22-24H2,1-5H3,(H,39,41)/b17-13-/t25-,28-,30-,32+,34?/m0/s1. The maximum atomic E-state index is 13.4. The number of carbonyl (C=O) groups is 1. The predicted molar refractivity (Wildman–Crippen MR) is 192 cm³/mol. The van der Waals surface area contributed by atoms with Crippen LogP contribution in [-0.2, 0) is 27.5 Å². The third-order valence-corrected chi connectivity index (χ3v) is 17.6. The van der Waals surface area contributed by atoms with E-state index < -0.39 is 24.2 Å². The molecule has 256 valence electrons. The average molecular weight is 699 g/mol. The summed E-state index contributed by atoms with van der Waals surface area (Å²) in [7, 11) is -5.91. The molecule has 1 N–H and O–H groups in total. The van der Waals surface area contributed by atoms with Gasteiger partial charge in [0.15, 0.2) is 8.32 Å². The topological polar surface area (TPSA) is 84.9 Å². The van der Waals surface area contributed by atoms with Gasteiger partial charge >= 0.3 is 0 Å². The number of amides is 1. The normalized spacial score (nSPS) is 28.9. The number of anilines is 1. The minimum atomic E-state index is -3.82. The molecule has 2 aromatic rings. The average Bonchev–Trinajstić information content (AvgIpc) is 2.99. The lowest BCUT2D eigenvalue weighted by Crippen LogP contribution is -2.50. The highest BCUT2D eigenvalue weighted by Gasteiger charge is 2.45. The Kier molecular flexibility index (Phi) is 9.94. The highest BCUT2D eigenvalue weighted by Crippen LogP contribution is 2.46. The number of hydrogen-bond acceptors (Lipinski definition) is 6. The summed E-state index contributed by atoms with van der Waals surface area (Å²) in [6.07, 6.45) is 11.4. The summed E-state index contributed by atoms with van der Waals surface area (Å²) in [5.41, 5.74) is 3.46. The zero-order valence-electron chi connectivity index (χ0n) is 28.6. The second-order valence-corrected chi connectivity index (χ2v) is 22.7. The highest BCUT2D eigenvalue weighted by atomic mass is 35.5. The second kappa shape index (κ2) is 13.5. The van der Waals surface area contributed by atoms with Crippen LogP contribution in [0.25, 0.3) is 0 Å². The van der Waals surface area contributed by atoms with Crippen molar-refractivity contribution >= 4 is 41.5 Å². The van der Waals surface area contributed by atoms with Crippen LogP contribution in [0, 0.1) is 23.7 Å². The molecule has 2 bridgehead atoms. The van der Waals surface area contributed by atoms with Crippen molar-refractivity contribution < 1.29 is 22.4 Å². The third kappa shape index (κ3) is 7.79. The van der Waals surface area contributed by atoms with E-state index in [0.29, 0.717) is 29.8 Å². The van der Waals surface area contributed by atoms with Gasteiger partial charge in [0.1, 0.15) is 12.4 Å². The van der Waals surface area contributed by atoms with Crippen molar-refractivity contribution in [2.45, 2.75) is 96.6 Å². The van der Waals surface area contributed by atoms with E-state index in [2.05, 4.69) is 55.6 Å². The van der Waals surface area contributed by atoms with Gasteiger partial charge in [-0.15, -0.1) is 0 Å². The molecule has 1 amide bonds. The molecule has 0 aromatic heterocycles. The highest BCUT2D eigenvalue weighted by molar-refractivity contribution is 7.90. The van der Waals surface area contributed by atoms with Crippen molar-refractivity contribution in [2.24, 2.45) is 23.7 Å². The fraction of sp³-hybridized carbons (Fsp3) is 0.595. The number of nitrogens with one attached hydrogen (secondary N) is 1. The molecular weight excluding hydrogens is 648 g/mol. The van der Waals surface area contributed by atoms with Crippen LogP contribution in [0.2, 0.25) is 23.2 Å². The molecule has 7 nitrogen and oxygen atoms in total. The fourth-order valence-corrected chi connectivity index (χ4v) is 10.2. The summed E-state index contributed by atoms with van der Waals surface area (Å²) >= 11 is 6.37. The lowest BCUT2D eigenvalue weighted by molar-refractivity contribution is 0.0524. The molecule has 2 heterocycles. The van der Waals surface area contributed by atoms with E-state index in [0.717, 1.165) is 74.3 Å². The molecule has 47 heavy (non-hydrogen) atoms. The maximum Gasteiger partial charge on any atom is 0.264 e. The molecule has 2 aromatic carbocycles. The number of fused-ring (bicyclic) bond motifs is 4. The number of rotatable bonds is 2. The van der Waals surface area contributed by atoms with Gasteiger partial charge in [0.2, 0.25) is 10.0 Å². The Bertz CT molecular complexity index is 1620. The summed E-state index contributed by atoms with van der Waals surface area (Å²) in [6, 6.07) is 11.3. The Labute approximate surface area is 287 Å². The number of benzene rings is 2. The van der Waals surface area contributed by atoms with Crippen LogP contribution in [0.1, 0.15) is 80.8 Å². The minimum Gasteiger partial charge on any atom is -0.487 e. The Morgan fingerprint density at radius 2 is 1.77 bits per heavy atom. The third-order valence-electron chi connectivity index (χ3n) is 11.5. The van der Waals surface area contributed by atoms with E-state index in [1.807, 2.05) is 30.3 Å². The summed E-state index contributed by atoms with van der Waals surface area (Å²) in [4.78, 5) is 15.8. The molecule has 0 radical (unpaired) electrons. The molecular formula is C37H51ClN2O5SSi. The first kappa shape index (κ1) is 34.5. The van der Waals surface area contributed by atoms with Gasteiger partial charge in [-0.3, -0.25) is 4.79 Å². The zero-order valence-corrected chi connectivity index (χ0v) is 31.1. The largest absolute Gasteiger partial charge is 0.487 e. The summed E-state index contributed by atoms with van der Waals surface area (Å²) in [6.45, 7) is 13.5. The molecule has 6 rings (SSSR count). The van der Waals surface area contributed by atoms with E-state index >= 15 is 0 Å². The minimum absolute atomic E-state index is 0.00894. The quantitative estimate of drug-likeness (QED) is 0.252. The van der Waals surface area contributed by atoms with Crippen LogP contribution in [0.3, 0.4) is 0 Å². The number of sulfonamides is 1. The van der Waals surface area contributed by atoms with Gasteiger partial charge in [-0.2, -0.15) is 0 Å². The molecule has 10 heteroatoms. The van der Waals surface area contributed by atoms with Gasteiger partial charge in [0, 0.05) is 23.7 Å². The first-order valence-corrected chi connectivity index (χ1v) is 22.3. The first-order valence-electron chi connectivity index (χ1n) is 17.4. The Morgan fingerprint density at radius 1 is 0.979 bits per heavy atom. The lowest BCUT2D eigenvalue weighted by Gasteiger charge is -2.48. The van der Waals surface area contributed by atoms with Gasteiger partial charge in [-0.25, -0.2) is 13.1 Å². The van der Waals surface area contributed by atoms with Crippen molar-refractivity contribution in [3.8, 4) is 5.75 Å². The van der Waals surface area contributed by atoms with Gasteiger partial charge in [-0.05, 0) is 128 Å². The molecule has 5 atom stereocenters. The van der Waals surface area contributed by atoms with E-state index in [4.69, 9.17) is 20.8 Å². The van der Waals surface area contributed by atoms with Crippen LogP contribution < -0.4 is 14.4 Å². The summed E-state index contributed by atoms with van der Waals surface area (Å²) < 4.78 is 42.6. The Hall–Kier alpha value is -2.33. The van der Waals surface area contributed by atoms with Crippen LogP contribution in [0.15, 0.2) is 48.6 Å². The van der Waals surface area contributed by atoms with Crippen LogP contribution in [-0.4, -0.2) is 47.6 Å². The van der Waals surface area contributed by atoms with Crippen molar-refractivity contribution in [3.63, 3.8) is 0 Å². The first-order chi connectivity index (χ1) is 22.2. The van der Waals surface area contributed by atoms with E-state index in [9.17, 15) is 13.2 Å². The predicted octanol–water partition coefficient (Wildman–Crippen LogP) is 8.13. The molecule has 2 aliphatic heterocycles. The maximum absolute atomic E-state index is 13.4. The monoisotopic (exact) mass is 698 g/mol. The summed E-state index contributed by atoms with van der Waals surface area (Å²) in [5.74, 6) is 0.996. The Balaban J connectivity index is 1.38. The smallest absolute Gasteiger partial charge is 0.264 e. The van der Waals surface area contributed by atoms with E-state index in [-0.39, 0.29) is 28.7 Å². The molecule has 2 saturated carbocycles. The molecule has 1 unspecified atom stereocenters. The molecule has 2 aliphatic carbocycles. The van der Waals surface area contributed by atoms with Gasteiger partial charge in [0.25, 0.3) is 5.91 Å². The van der Waals surface area contributed by atoms with Gasteiger partial charge < -0.3 is 14.1 Å². The second-order valence-electron chi connectivity index (χ2n) is 15.7. The van der Waals surface area contributed by atoms with Gasteiger partial charge in [-0.1, -0.05) is 50.6 Å². The number of aryl methyl sites for hydroxylation is 1. The van der Waals surface area contributed by atoms with Gasteiger partial charge in [0.05, 0.1) is 17.5 Å². The van der Waals surface area contributed by atoms with Crippen LogP contribution >= 0.6 is 11.6 Å². The van der Waals surface area contributed by atoms with E-state index in [1.165, 1.54) is 5.56 Å². The molecule has 4 aliphatic rings. The van der Waals surface area contributed by atoms with E-state index in [1.54, 1.807) is 6.07 Å². The molecule has 2 fully saturated rings.